The van der Waals surface area contributed by atoms with Gasteiger partial charge in [0.25, 0.3) is 0 Å². The highest BCUT2D eigenvalue weighted by Crippen LogP contribution is 2.38. The van der Waals surface area contributed by atoms with Crippen LogP contribution in [0.2, 0.25) is 0 Å². The first-order valence-electron chi connectivity index (χ1n) is 10.2. The third-order valence-corrected chi connectivity index (χ3v) is 5.20. The number of carbonyl (C=O) groups is 3. The van der Waals surface area contributed by atoms with E-state index in [-0.39, 0.29) is 24.1 Å². The topological polar surface area (TPSA) is 124 Å². The zero-order chi connectivity index (χ0) is 23.5. The Kier molecular flexibility index (Phi) is 5.99. The fraction of sp³-hybridized carbons (Fsp3) is 0.217. The molecule has 0 radical (unpaired) electrons. The summed E-state index contributed by atoms with van der Waals surface area (Å²) in [5.74, 6) is 0.699. The molecule has 1 aromatic heterocycles. The molecular formula is C23H23N5O5. The fourth-order valence-electron chi connectivity index (χ4n) is 3.65. The molecule has 10 heteroatoms. The number of amides is 3. The Morgan fingerprint density at radius 1 is 1.03 bits per heavy atom. The minimum atomic E-state index is -0.822. The molecule has 0 spiro atoms. The van der Waals surface area contributed by atoms with Gasteiger partial charge in [-0.3, -0.25) is 14.4 Å². The molecule has 10 nitrogen and oxygen atoms in total. The normalized spacial score (nSPS) is 14.6. The van der Waals surface area contributed by atoms with Crippen molar-refractivity contribution in [1.82, 2.24) is 9.78 Å². The first-order valence-corrected chi connectivity index (χ1v) is 10.2. The van der Waals surface area contributed by atoms with Crippen molar-refractivity contribution in [2.75, 3.05) is 30.2 Å². The number of ether oxygens (including phenoxy) is 2. The third-order valence-electron chi connectivity index (χ3n) is 5.20. The van der Waals surface area contributed by atoms with E-state index in [4.69, 9.17) is 9.47 Å². The maximum Gasteiger partial charge on any atom is 0.249 e. The summed E-state index contributed by atoms with van der Waals surface area (Å²) in [5.41, 5.74) is 2.56. The minimum absolute atomic E-state index is 0.0458. The summed E-state index contributed by atoms with van der Waals surface area (Å²) in [6.45, 7) is 1.42. The van der Waals surface area contributed by atoms with Crippen LogP contribution in [-0.2, 0) is 14.4 Å². The molecule has 0 fully saturated rings. The van der Waals surface area contributed by atoms with Gasteiger partial charge in [0, 0.05) is 23.9 Å². The quantitative estimate of drug-likeness (QED) is 0.531. The maximum atomic E-state index is 13.0. The van der Waals surface area contributed by atoms with Crippen molar-refractivity contribution < 1.29 is 23.9 Å². The second-order valence-corrected chi connectivity index (χ2v) is 7.44. The van der Waals surface area contributed by atoms with Gasteiger partial charge in [-0.1, -0.05) is 6.07 Å². The molecule has 2 aromatic carbocycles. The van der Waals surface area contributed by atoms with E-state index in [9.17, 15) is 14.4 Å². The number of carbonyl (C=O) groups excluding carboxylic acids is 3. The van der Waals surface area contributed by atoms with E-state index in [0.29, 0.717) is 34.3 Å². The lowest BCUT2D eigenvalue weighted by atomic mass is 10.1. The number of methoxy groups -OCH3 is 2. The smallest absolute Gasteiger partial charge is 0.249 e. The average Bonchev–Trinajstić information content (AvgIpc) is 3.22. The Bertz CT molecular complexity index is 1220. The van der Waals surface area contributed by atoms with E-state index in [2.05, 4.69) is 21.0 Å². The molecule has 170 valence electrons. The SMILES string of the molecule is COc1ccc(-c2cnn3c2NC(=O)C[C@H]3C(=O)Nc2ccc(NC(C)=O)cc2)cc1OC. The number of nitrogens with zero attached hydrogens (tertiary/aromatic N) is 2. The standard InChI is InChI=1S/C23H23N5O5/c1-13(29)25-15-5-7-16(8-6-15)26-23(31)18-11-21(30)27-22-17(12-24-28(18)22)14-4-9-19(32-2)20(10-14)33-3/h4-10,12,18H,11H2,1-3H3,(H,25,29)(H,26,31)(H,27,30)/t18-/m0/s1. The highest BCUT2D eigenvalue weighted by Gasteiger charge is 2.33. The molecule has 1 aliphatic rings. The molecule has 3 amide bonds. The van der Waals surface area contributed by atoms with Crippen molar-refractivity contribution in [3.05, 3.63) is 48.7 Å². The van der Waals surface area contributed by atoms with Crippen LogP contribution in [0.15, 0.2) is 48.7 Å². The van der Waals surface area contributed by atoms with Crippen LogP contribution in [0, 0.1) is 0 Å². The van der Waals surface area contributed by atoms with Gasteiger partial charge >= 0.3 is 0 Å². The van der Waals surface area contributed by atoms with Crippen LogP contribution in [0.5, 0.6) is 11.5 Å². The van der Waals surface area contributed by atoms with Crippen LogP contribution in [0.4, 0.5) is 17.2 Å². The maximum absolute atomic E-state index is 13.0. The zero-order valence-electron chi connectivity index (χ0n) is 18.3. The predicted octanol–water partition coefficient (Wildman–Crippen LogP) is 3.05. The summed E-state index contributed by atoms with van der Waals surface area (Å²) in [4.78, 5) is 36.6. The molecule has 3 aromatic rings. The van der Waals surface area contributed by atoms with Crippen LogP contribution in [0.3, 0.4) is 0 Å². The molecule has 0 saturated carbocycles. The first-order chi connectivity index (χ1) is 15.9. The number of rotatable bonds is 6. The van der Waals surface area contributed by atoms with Gasteiger partial charge in [-0.2, -0.15) is 5.10 Å². The lowest BCUT2D eigenvalue weighted by Gasteiger charge is -2.24. The molecular weight excluding hydrogens is 426 g/mol. The first kappa shape index (κ1) is 21.9. The number of aromatic nitrogens is 2. The van der Waals surface area contributed by atoms with Gasteiger partial charge in [0.2, 0.25) is 17.7 Å². The van der Waals surface area contributed by atoms with Gasteiger partial charge in [-0.15, -0.1) is 0 Å². The van der Waals surface area contributed by atoms with E-state index < -0.39 is 6.04 Å². The largest absolute Gasteiger partial charge is 0.493 e. The molecule has 1 aliphatic heterocycles. The lowest BCUT2D eigenvalue weighted by Crippen LogP contribution is -2.35. The van der Waals surface area contributed by atoms with Crippen molar-refractivity contribution in [2.24, 2.45) is 0 Å². The Hall–Kier alpha value is -4.34. The van der Waals surface area contributed by atoms with Gasteiger partial charge in [0.1, 0.15) is 11.9 Å². The molecule has 0 saturated heterocycles. The van der Waals surface area contributed by atoms with Gasteiger partial charge in [-0.05, 0) is 42.0 Å². The van der Waals surface area contributed by atoms with Crippen LogP contribution in [0.25, 0.3) is 11.1 Å². The molecule has 0 unspecified atom stereocenters. The Morgan fingerprint density at radius 2 is 1.70 bits per heavy atom. The van der Waals surface area contributed by atoms with Crippen molar-refractivity contribution in [2.45, 2.75) is 19.4 Å². The third kappa shape index (κ3) is 4.49. The van der Waals surface area contributed by atoms with Crippen LogP contribution in [-0.4, -0.2) is 41.7 Å². The van der Waals surface area contributed by atoms with Crippen molar-refractivity contribution >= 4 is 34.9 Å². The molecule has 2 heterocycles. The number of nitrogens with one attached hydrogen (secondary N) is 3. The van der Waals surface area contributed by atoms with Crippen molar-refractivity contribution in [3.8, 4) is 22.6 Å². The number of fused-ring (bicyclic) bond motifs is 1. The van der Waals surface area contributed by atoms with Crippen molar-refractivity contribution in [3.63, 3.8) is 0 Å². The van der Waals surface area contributed by atoms with Gasteiger partial charge in [0.05, 0.1) is 26.8 Å². The molecule has 0 bridgehead atoms. The molecule has 3 N–H and O–H groups in total. The van der Waals surface area contributed by atoms with E-state index in [1.807, 2.05) is 6.07 Å². The second-order valence-electron chi connectivity index (χ2n) is 7.44. The molecule has 33 heavy (non-hydrogen) atoms. The Labute approximate surface area is 189 Å². The Morgan fingerprint density at radius 3 is 2.33 bits per heavy atom. The van der Waals surface area contributed by atoms with Gasteiger partial charge < -0.3 is 25.4 Å². The minimum Gasteiger partial charge on any atom is -0.493 e. The lowest BCUT2D eigenvalue weighted by molar-refractivity contribution is -0.125. The monoisotopic (exact) mass is 449 g/mol. The van der Waals surface area contributed by atoms with Crippen LogP contribution in [0.1, 0.15) is 19.4 Å². The highest BCUT2D eigenvalue weighted by atomic mass is 16.5. The summed E-state index contributed by atoms with van der Waals surface area (Å²) in [5, 5.41) is 12.7. The predicted molar refractivity (Wildman–Crippen MR) is 122 cm³/mol. The summed E-state index contributed by atoms with van der Waals surface area (Å²) in [6, 6.07) is 11.2. The van der Waals surface area contributed by atoms with Gasteiger partial charge in [0.15, 0.2) is 11.5 Å². The summed E-state index contributed by atoms with van der Waals surface area (Å²) < 4.78 is 12.2. The zero-order valence-corrected chi connectivity index (χ0v) is 18.3. The summed E-state index contributed by atoms with van der Waals surface area (Å²) in [6.07, 6.45) is 1.56. The van der Waals surface area contributed by atoms with Crippen LogP contribution >= 0.6 is 0 Å². The number of hydrogen-bond acceptors (Lipinski definition) is 6. The molecule has 4 rings (SSSR count). The number of hydrogen-bond donors (Lipinski definition) is 3. The van der Waals surface area contributed by atoms with E-state index >= 15 is 0 Å². The summed E-state index contributed by atoms with van der Waals surface area (Å²) in [7, 11) is 3.09. The van der Waals surface area contributed by atoms with E-state index in [0.717, 1.165) is 5.56 Å². The van der Waals surface area contributed by atoms with Crippen molar-refractivity contribution in [1.29, 1.82) is 0 Å². The summed E-state index contributed by atoms with van der Waals surface area (Å²) >= 11 is 0. The highest BCUT2D eigenvalue weighted by molar-refractivity contribution is 6.03. The molecule has 0 aliphatic carbocycles. The average molecular weight is 449 g/mol. The second kappa shape index (κ2) is 9.03. The van der Waals surface area contributed by atoms with E-state index in [1.165, 1.54) is 11.6 Å². The van der Waals surface area contributed by atoms with E-state index in [1.54, 1.807) is 56.8 Å². The number of anilines is 3. The Balaban J connectivity index is 1.59. The molecule has 1 atom stereocenters. The van der Waals surface area contributed by atoms with Crippen LogP contribution < -0.4 is 25.4 Å². The van der Waals surface area contributed by atoms with Gasteiger partial charge in [-0.25, -0.2) is 4.68 Å². The number of benzene rings is 2. The fourth-order valence-corrected chi connectivity index (χ4v) is 3.65.